The summed E-state index contributed by atoms with van der Waals surface area (Å²) in [5, 5.41) is 0. The van der Waals surface area contributed by atoms with Gasteiger partial charge in [0.15, 0.2) is 0 Å². The van der Waals surface area contributed by atoms with E-state index in [1.54, 1.807) is 6.07 Å². The summed E-state index contributed by atoms with van der Waals surface area (Å²) in [5.74, 6) is -6.89. The summed E-state index contributed by atoms with van der Waals surface area (Å²) in [4.78, 5) is 0. The molecule has 1 atom stereocenters. The zero-order valence-electron chi connectivity index (χ0n) is 22.4. The third kappa shape index (κ3) is 5.83. The molecule has 0 radical (unpaired) electrons. The fraction of sp³-hybridized carbons (Fsp3) is 0.273. The Bertz CT molecular complexity index is 1570. The van der Waals surface area contributed by atoms with E-state index < -0.39 is 52.1 Å². The van der Waals surface area contributed by atoms with Gasteiger partial charge in [0.05, 0.1) is 0 Å². The predicted molar refractivity (Wildman–Crippen MR) is 143 cm³/mol. The summed E-state index contributed by atoms with van der Waals surface area (Å²) in [5.41, 5.74) is 1.20. The molecule has 0 bridgehead atoms. The lowest BCUT2D eigenvalue weighted by atomic mass is 9.96. The average Bonchev–Trinajstić information content (AvgIpc) is 3.31. The highest BCUT2D eigenvalue weighted by Crippen LogP contribution is 2.39. The van der Waals surface area contributed by atoms with Crippen molar-refractivity contribution in [3.05, 3.63) is 112 Å². The topological polar surface area (TPSA) is 9.23 Å². The number of fused-ring (bicyclic) bond motifs is 1. The second-order valence-electron chi connectivity index (χ2n) is 10.5. The van der Waals surface area contributed by atoms with Crippen molar-refractivity contribution in [3.8, 4) is 28.0 Å². The minimum Gasteiger partial charge on any atom is -0.429 e. The molecule has 0 amide bonds. The molecule has 0 fully saturated rings. The molecule has 0 saturated heterocycles. The molecule has 41 heavy (non-hydrogen) atoms. The lowest BCUT2D eigenvalue weighted by molar-refractivity contribution is -0.189. The third-order valence-electron chi connectivity index (χ3n) is 7.64. The van der Waals surface area contributed by atoms with E-state index in [2.05, 4.69) is 11.7 Å². The first-order chi connectivity index (χ1) is 19.5. The van der Waals surface area contributed by atoms with Gasteiger partial charge in [-0.2, -0.15) is 8.78 Å². The SMILES string of the molecule is CCCCC1Cc2ccc(-c3ccc(-c4cc(F)c(C(F)(F)Oc5cc(F)c(C)c(F)c5)c(F)c4)c(F)c3)cc2C1. The Morgan fingerprint density at radius 2 is 1.29 bits per heavy atom. The summed E-state index contributed by atoms with van der Waals surface area (Å²) >= 11 is 0. The second kappa shape index (κ2) is 11.2. The van der Waals surface area contributed by atoms with E-state index in [9.17, 15) is 26.3 Å². The summed E-state index contributed by atoms with van der Waals surface area (Å²) in [6.45, 7) is 3.25. The minimum atomic E-state index is -4.62. The molecule has 0 N–H and O–H groups in total. The van der Waals surface area contributed by atoms with Gasteiger partial charge in [0, 0.05) is 23.3 Å². The van der Waals surface area contributed by atoms with Crippen molar-refractivity contribution in [2.75, 3.05) is 0 Å². The van der Waals surface area contributed by atoms with Crippen molar-refractivity contribution in [2.45, 2.75) is 52.1 Å². The van der Waals surface area contributed by atoms with Crippen molar-refractivity contribution in [1.82, 2.24) is 0 Å². The van der Waals surface area contributed by atoms with Gasteiger partial charge >= 0.3 is 6.11 Å². The maximum atomic E-state index is 15.2. The van der Waals surface area contributed by atoms with Crippen molar-refractivity contribution in [3.63, 3.8) is 0 Å². The van der Waals surface area contributed by atoms with E-state index in [4.69, 9.17) is 0 Å². The number of ether oxygens (including phenoxy) is 1. The number of unbranched alkanes of at least 4 members (excludes halogenated alkanes) is 1. The normalized spacial score (nSPS) is 14.8. The molecule has 1 nitrogen and oxygen atoms in total. The second-order valence-corrected chi connectivity index (χ2v) is 10.5. The standard InChI is InChI=1S/C33H27F7O/c1-3-4-5-19-10-20-6-7-21(12-23(20)11-19)22-8-9-26(29(36)13-22)24-14-30(37)32(31(38)15-24)33(39,40)41-25-16-27(34)18(2)28(35)17-25/h6-9,12-17,19H,3-5,10-11H2,1-2H3. The van der Waals surface area contributed by atoms with Crippen LogP contribution in [0.15, 0.2) is 60.7 Å². The van der Waals surface area contributed by atoms with Gasteiger partial charge in [-0.05, 0) is 78.1 Å². The molecule has 4 aromatic rings. The van der Waals surface area contributed by atoms with Crippen LogP contribution in [-0.4, -0.2) is 0 Å². The van der Waals surface area contributed by atoms with Crippen LogP contribution in [0.4, 0.5) is 30.7 Å². The van der Waals surface area contributed by atoms with E-state index in [0.717, 1.165) is 38.2 Å². The molecule has 0 aromatic heterocycles. The molecule has 1 unspecified atom stereocenters. The summed E-state index contributed by atoms with van der Waals surface area (Å²) in [7, 11) is 0. The summed E-state index contributed by atoms with van der Waals surface area (Å²) in [6.07, 6.45) is 0.864. The van der Waals surface area contributed by atoms with Crippen LogP contribution in [0.3, 0.4) is 0 Å². The minimum absolute atomic E-state index is 0.189. The summed E-state index contributed by atoms with van der Waals surface area (Å²) < 4.78 is 106. The van der Waals surface area contributed by atoms with Crippen LogP contribution >= 0.6 is 0 Å². The van der Waals surface area contributed by atoms with Crippen molar-refractivity contribution < 1.29 is 35.5 Å². The van der Waals surface area contributed by atoms with Gasteiger partial charge in [-0.15, -0.1) is 0 Å². The van der Waals surface area contributed by atoms with Crippen LogP contribution in [0.25, 0.3) is 22.3 Å². The Morgan fingerprint density at radius 3 is 1.93 bits per heavy atom. The first-order valence-corrected chi connectivity index (χ1v) is 13.4. The molecule has 8 heteroatoms. The Morgan fingerprint density at radius 1 is 0.707 bits per heavy atom. The molecule has 1 aliphatic carbocycles. The quantitative estimate of drug-likeness (QED) is 0.191. The first-order valence-electron chi connectivity index (χ1n) is 13.4. The molecular formula is C33H27F7O. The largest absolute Gasteiger partial charge is 0.432 e. The molecule has 1 aliphatic rings. The van der Waals surface area contributed by atoms with E-state index in [-0.39, 0.29) is 11.1 Å². The monoisotopic (exact) mass is 572 g/mol. The van der Waals surface area contributed by atoms with Gasteiger partial charge in [0.2, 0.25) is 0 Å². The van der Waals surface area contributed by atoms with E-state index in [1.807, 2.05) is 18.2 Å². The molecule has 214 valence electrons. The molecule has 0 saturated carbocycles. The molecule has 5 rings (SSSR count). The van der Waals surface area contributed by atoms with Crippen LogP contribution in [0.1, 0.15) is 48.4 Å². The van der Waals surface area contributed by atoms with Gasteiger partial charge in [0.1, 0.15) is 40.4 Å². The Hall–Kier alpha value is -3.81. The molecule has 0 heterocycles. The maximum Gasteiger partial charge on any atom is 0.432 e. The van der Waals surface area contributed by atoms with E-state index in [1.165, 1.54) is 29.7 Å². The number of halogens is 7. The Labute approximate surface area is 233 Å². The predicted octanol–water partition coefficient (Wildman–Crippen LogP) is 10.1. The number of rotatable bonds is 8. The average molecular weight is 573 g/mol. The van der Waals surface area contributed by atoms with Gasteiger partial charge in [-0.3, -0.25) is 0 Å². The van der Waals surface area contributed by atoms with Crippen molar-refractivity contribution >= 4 is 0 Å². The van der Waals surface area contributed by atoms with Crippen LogP contribution < -0.4 is 4.74 Å². The smallest absolute Gasteiger partial charge is 0.429 e. The zero-order chi connectivity index (χ0) is 29.5. The fourth-order valence-electron chi connectivity index (χ4n) is 5.40. The van der Waals surface area contributed by atoms with E-state index >= 15 is 4.39 Å². The lowest BCUT2D eigenvalue weighted by Gasteiger charge is -2.20. The fourth-order valence-corrected chi connectivity index (χ4v) is 5.40. The third-order valence-corrected chi connectivity index (χ3v) is 7.64. The van der Waals surface area contributed by atoms with Crippen LogP contribution in [0.2, 0.25) is 0 Å². The number of hydrogen-bond donors (Lipinski definition) is 0. The number of benzene rings is 4. The van der Waals surface area contributed by atoms with Crippen LogP contribution in [-0.2, 0) is 19.0 Å². The highest BCUT2D eigenvalue weighted by Gasteiger charge is 2.41. The van der Waals surface area contributed by atoms with E-state index in [0.29, 0.717) is 35.7 Å². The van der Waals surface area contributed by atoms with Gasteiger partial charge in [0.25, 0.3) is 0 Å². The molecule has 4 aromatic carbocycles. The number of hydrogen-bond acceptors (Lipinski definition) is 1. The van der Waals surface area contributed by atoms with Gasteiger partial charge in [-0.1, -0.05) is 50.1 Å². The van der Waals surface area contributed by atoms with Crippen LogP contribution in [0, 0.1) is 41.9 Å². The first kappa shape index (κ1) is 28.7. The zero-order valence-corrected chi connectivity index (χ0v) is 22.4. The molecular weight excluding hydrogens is 545 g/mol. The Kier molecular flexibility index (Phi) is 7.86. The van der Waals surface area contributed by atoms with Crippen molar-refractivity contribution in [1.29, 1.82) is 0 Å². The van der Waals surface area contributed by atoms with Gasteiger partial charge in [-0.25, -0.2) is 22.0 Å². The Balaban J connectivity index is 1.39. The highest BCUT2D eigenvalue weighted by atomic mass is 19.3. The van der Waals surface area contributed by atoms with Crippen LogP contribution in [0.5, 0.6) is 5.75 Å². The van der Waals surface area contributed by atoms with Crippen molar-refractivity contribution in [2.24, 2.45) is 5.92 Å². The number of alkyl halides is 2. The highest BCUT2D eigenvalue weighted by molar-refractivity contribution is 5.72. The summed E-state index contributed by atoms with van der Waals surface area (Å²) in [6, 6.07) is 12.3. The van der Waals surface area contributed by atoms with Gasteiger partial charge < -0.3 is 4.74 Å². The molecule has 0 spiro atoms. The maximum absolute atomic E-state index is 15.2. The molecule has 0 aliphatic heterocycles. The lowest BCUT2D eigenvalue weighted by Crippen LogP contribution is -2.25.